The molecule has 0 amide bonds. The monoisotopic (exact) mass is 467 g/mol. The molecule has 0 heterocycles. The number of unbranched alkanes of at least 4 members (excludes halogenated alkanes) is 2. The number of rotatable bonds is 17. The van der Waals surface area contributed by atoms with E-state index in [2.05, 4.69) is 34.1 Å². The van der Waals surface area contributed by atoms with Gasteiger partial charge in [-0.25, -0.2) is 0 Å². The molecular weight excluding hydrogens is 412 g/mol. The molecule has 1 aliphatic rings. The summed E-state index contributed by atoms with van der Waals surface area (Å²) in [4.78, 5) is 0. The SMILES string of the molecule is C[CH-]CCCC(C)(O)CCCC(C)(O)CCCC(C)CCC1=CC(O)C(C)C(C)C1OCC. The molecule has 0 radical (unpaired) electrons. The van der Waals surface area contributed by atoms with Gasteiger partial charge in [0.25, 0.3) is 0 Å². The molecule has 0 fully saturated rings. The lowest BCUT2D eigenvalue weighted by atomic mass is 9.76. The lowest BCUT2D eigenvalue weighted by Crippen LogP contribution is -2.39. The summed E-state index contributed by atoms with van der Waals surface area (Å²) in [5.74, 6) is 1.13. The Balaban J connectivity index is 2.36. The van der Waals surface area contributed by atoms with Crippen molar-refractivity contribution >= 4 is 0 Å². The van der Waals surface area contributed by atoms with E-state index in [0.717, 1.165) is 70.6 Å². The predicted molar refractivity (Wildman–Crippen MR) is 139 cm³/mol. The Morgan fingerprint density at radius 2 is 1.55 bits per heavy atom. The lowest BCUT2D eigenvalue weighted by molar-refractivity contribution is -0.00637. The molecule has 1 rings (SSSR count). The molecule has 196 valence electrons. The highest BCUT2D eigenvalue weighted by Crippen LogP contribution is 2.35. The molecule has 1 aliphatic carbocycles. The summed E-state index contributed by atoms with van der Waals surface area (Å²) in [6, 6.07) is 0. The smallest absolute Gasteiger partial charge is 0.0814 e. The topological polar surface area (TPSA) is 69.9 Å². The maximum Gasteiger partial charge on any atom is 0.0814 e. The normalized spacial score (nSPS) is 28.1. The zero-order valence-corrected chi connectivity index (χ0v) is 22.8. The fraction of sp³-hybridized carbons (Fsp3) is 0.897. The third kappa shape index (κ3) is 11.7. The molecule has 4 heteroatoms. The van der Waals surface area contributed by atoms with Crippen LogP contribution in [0.1, 0.15) is 119 Å². The van der Waals surface area contributed by atoms with Crippen LogP contribution in [0.25, 0.3) is 0 Å². The Bertz CT molecular complexity index is 554. The Hall–Kier alpha value is -0.420. The average Bonchev–Trinajstić information content (AvgIpc) is 2.72. The first kappa shape index (κ1) is 30.6. The number of hydrogen-bond donors (Lipinski definition) is 3. The minimum atomic E-state index is -0.658. The Morgan fingerprint density at radius 1 is 0.970 bits per heavy atom. The van der Waals surface area contributed by atoms with Crippen molar-refractivity contribution in [2.45, 2.75) is 143 Å². The maximum absolute atomic E-state index is 10.8. The van der Waals surface area contributed by atoms with Crippen LogP contribution in [0, 0.1) is 24.2 Å². The minimum absolute atomic E-state index is 0.124. The van der Waals surface area contributed by atoms with Gasteiger partial charge in [-0.1, -0.05) is 46.1 Å². The van der Waals surface area contributed by atoms with E-state index < -0.39 is 11.2 Å². The van der Waals surface area contributed by atoms with E-state index in [4.69, 9.17) is 4.74 Å². The van der Waals surface area contributed by atoms with Gasteiger partial charge < -0.3 is 26.5 Å². The van der Waals surface area contributed by atoms with E-state index in [0.29, 0.717) is 18.4 Å². The summed E-state index contributed by atoms with van der Waals surface area (Å²) >= 11 is 0. The Kier molecular flexibility index (Phi) is 13.8. The number of aliphatic hydroxyl groups excluding tert-OH is 1. The number of aliphatic hydroxyl groups is 3. The van der Waals surface area contributed by atoms with Gasteiger partial charge in [-0.2, -0.15) is 13.3 Å². The molecule has 0 saturated carbocycles. The molecular formula is C29H55O4-. The average molecular weight is 468 g/mol. The van der Waals surface area contributed by atoms with Gasteiger partial charge in [0.05, 0.1) is 23.4 Å². The summed E-state index contributed by atoms with van der Waals surface area (Å²) in [5, 5.41) is 31.7. The predicted octanol–water partition coefficient (Wildman–Crippen LogP) is 6.62. The van der Waals surface area contributed by atoms with E-state index in [1.165, 1.54) is 5.57 Å². The van der Waals surface area contributed by atoms with Crippen molar-refractivity contribution in [3.05, 3.63) is 18.1 Å². The fourth-order valence-electron chi connectivity index (χ4n) is 5.23. The molecule has 0 aromatic carbocycles. The second-order valence-electron chi connectivity index (χ2n) is 11.5. The van der Waals surface area contributed by atoms with Crippen molar-refractivity contribution in [2.24, 2.45) is 17.8 Å². The van der Waals surface area contributed by atoms with Gasteiger partial charge in [0.2, 0.25) is 0 Å². The molecule has 3 N–H and O–H groups in total. The van der Waals surface area contributed by atoms with Gasteiger partial charge in [-0.05, 0) is 89.0 Å². The van der Waals surface area contributed by atoms with Crippen LogP contribution >= 0.6 is 0 Å². The Labute approximate surface area is 205 Å². The van der Waals surface area contributed by atoms with Crippen LogP contribution in [-0.2, 0) is 4.74 Å². The summed E-state index contributed by atoms with van der Waals surface area (Å²) in [7, 11) is 0. The van der Waals surface area contributed by atoms with Crippen molar-refractivity contribution in [2.75, 3.05) is 6.61 Å². The molecule has 0 aromatic heterocycles. The summed E-state index contributed by atoms with van der Waals surface area (Å²) < 4.78 is 6.04. The molecule has 0 bridgehead atoms. The van der Waals surface area contributed by atoms with E-state index in [-0.39, 0.29) is 18.1 Å². The third-order valence-corrected chi connectivity index (χ3v) is 7.92. The molecule has 0 aliphatic heterocycles. The highest BCUT2D eigenvalue weighted by molar-refractivity contribution is 5.18. The lowest BCUT2D eigenvalue weighted by Gasteiger charge is -2.37. The first-order valence-corrected chi connectivity index (χ1v) is 13.6. The summed E-state index contributed by atoms with van der Waals surface area (Å²) in [6.07, 6.45) is 14.2. The van der Waals surface area contributed by atoms with Gasteiger partial charge in [0.15, 0.2) is 0 Å². The highest BCUT2D eigenvalue weighted by atomic mass is 16.5. The third-order valence-electron chi connectivity index (χ3n) is 7.92. The van der Waals surface area contributed by atoms with Gasteiger partial charge in [-0.15, -0.1) is 0 Å². The molecule has 0 saturated heterocycles. The van der Waals surface area contributed by atoms with Crippen molar-refractivity contribution in [1.82, 2.24) is 0 Å². The first-order valence-electron chi connectivity index (χ1n) is 13.6. The van der Waals surface area contributed by atoms with Crippen LogP contribution in [0.3, 0.4) is 0 Å². The van der Waals surface area contributed by atoms with Crippen molar-refractivity contribution < 1.29 is 20.1 Å². The zero-order chi connectivity index (χ0) is 25.1. The van der Waals surface area contributed by atoms with Crippen molar-refractivity contribution in [1.29, 1.82) is 0 Å². The van der Waals surface area contributed by atoms with Crippen molar-refractivity contribution in [3.63, 3.8) is 0 Å². The van der Waals surface area contributed by atoms with Crippen LogP contribution in [-0.4, -0.2) is 45.3 Å². The van der Waals surface area contributed by atoms with E-state index in [1.54, 1.807) is 0 Å². The minimum Gasteiger partial charge on any atom is -0.390 e. The number of hydrogen-bond acceptors (Lipinski definition) is 4. The largest absolute Gasteiger partial charge is 0.390 e. The zero-order valence-electron chi connectivity index (χ0n) is 22.8. The number of ether oxygens (including phenoxy) is 1. The molecule has 0 aromatic rings. The van der Waals surface area contributed by atoms with Crippen molar-refractivity contribution in [3.8, 4) is 0 Å². The Morgan fingerprint density at radius 3 is 2.12 bits per heavy atom. The van der Waals surface area contributed by atoms with Crippen LogP contribution < -0.4 is 0 Å². The van der Waals surface area contributed by atoms with Gasteiger partial charge in [-0.3, -0.25) is 0 Å². The van der Waals surface area contributed by atoms with Crippen LogP contribution in [0.15, 0.2) is 11.6 Å². The molecule has 33 heavy (non-hydrogen) atoms. The molecule has 0 spiro atoms. The van der Waals surface area contributed by atoms with Gasteiger partial charge in [0, 0.05) is 6.61 Å². The van der Waals surface area contributed by atoms with Crippen LogP contribution in [0.4, 0.5) is 0 Å². The van der Waals surface area contributed by atoms with Crippen LogP contribution in [0.5, 0.6) is 0 Å². The fourth-order valence-corrected chi connectivity index (χ4v) is 5.23. The van der Waals surface area contributed by atoms with Gasteiger partial charge in [0.1, 0.15) is 0 Å². The van der Waals surface area contributed by atoms with E-state index >= 15 is 0 Å². The summed E-state index contributed by atoms with van der Waals surface area (Å²) in [6.45, 7) is 15.3. The standard InChI is InChI=1S/C29H55O4/c1-8-10-11-17-28(6,31)19-13-20-29(7,32)18-12-14-22(3)15-16-25-21-26(30)23(4)24(5)27(25)33-9-2/h8,21-24,26-27,30-32H,9-20H2,1-7H3/q-1. The maximum atomic E-state index is 10.8. The van der Waals surface area contributed by atoms with Gasteiger partial charge >= 0.3 is 0 Å². The summed E-state index contributed by atoms with van der Waals surface area (Å²) in [5.41, 5.74) is -0.0178. The van der Waals surface area contributed by atoms with E-state index in [9.17, 15) is 15.3 Å². The second kappa shape index (κ2) is 14.9. The molecule has 4 nitrogen and oxygen atoms in total. The quantitative estimate of drug-likeness (QED) is 0.128. The molecule has 7 atom stereocenters. The second-order valence-corrected chi connectivity index (χ2v) is 11.5. The van der Waals surface area contributed by atoms with E-state index in [1.807, 2.05) is 26.8 Å². The molecule has 7 unspecified atom stereocenters. The van der Waals surface area contributed by atoms with Crippen LogP contribution in [0.2, 0.25) is 0 Å². The first-order chi connectivity index (χ1) is 15.4. The highest BCUT2D eigenvalue weighted by Gasteiger charge is 2.34.